The van der Waals surface area contributed by atoms with Crippen LogP contribution in [0.15, 0.2) is 6.20 Å². The fourth-order valence-corrected chi connectivity index (χ4v) is 13.8. The van der Waals surface area contributed by atoms with Gasteiger partial charge >= 0.3 is 221 Å². The second kappa shape index (κ2) is 12.1. The van der Waals surface area contributed by atoms with Gasteiger partial charge in [-0.3, -0.25) is 0 Å². The number of pyridine rings is 1. The average molecular weight is 636 g/mol. The van der Waals surface area contributed by atoms with E-state index in [1.54, 1.807) is 0 Å². The van der Waals surface area contributed by atoms with Gasteiger partial charge < -0.3 is 0 Å². The van der Waals surface area contributed by atoms with Crippen molar-refractivity contribution in [2.75, 3.05) is 26.3 Å². The fourth-order valence-electron chi connectivity index (χ4n) is 5.37. The predicted octanol–water partition coefficient (Wildman–Crippen LogP) is 5.36. The number of hydrogen-bond donors (Lipinski definition) is 0. The third-order valence-electron chi connectivity index (χ3n) is 7.23. The van der Waals surface area contributed by atoms with Crippen LogP contribution in [0.4, 0.5) is 22.0 Å². The Bertz CT molecular complexity index is 1070. The molecule has 2 aromatic heterocycles. The van der Waals surface area contributed by atoms with Crippen molar-refractivity contribution in [1.29, 1.82) is 0 Å². The van der Waals surface area contributed by atoms with Crippen molar-refractivity contribution < 1.29 is 31.4 Å². The van der Waals surface area contributed by atoms with Gasteiger partial charge in [-0.05, 0) is 0 Å². The monoisotopic (exact) mass is 637 g/mol. The standard InChI is InChI=1S/C17H16F5N4O2.2C4H9.Sn/c18-10-4-16(2-1-3-26(16)7-10)8-28-15-24-13-11(5-23-6-12(13)19)14(25-15)27-9-17(20,21)22;2*1-3-4-2;/h5,10H,1-4,7-9H2;2*1,3-4H2,2H3;/t10-,16+;;;/m1.../s1. The van der Waals surface area contributed by atoms with E-state index in [9.17, 15) is 17.6 Å². The summed E-state index contributed by atoms with van der Waals surface area (Å²) in [5.74, 6) is -1.02. The molecule has 2 aliphatic heterocycles. The number of nitrogens with zero attached hydrogens (tertiary/aromatic N) is 4. The van der Waals surface area contributed by atoms with E-state index in [4.69, 9.17) is 9.47 Å². The number of ether oxygens (including phenoxy) is 2. The van der Waals surface area contributed by atoms with Crippen molar-refractivity contribution in [3.63, 3.8) is 0 Å². The van der Waals surface area contributed by atoms with Crippen molar-refractivity contribution in [3.05, 3.63) is 12.0 Å². The SMILES string of the molecule is CCC[CH2][Sn]([CH2]CCC)[c]1ncc2c(OCC(F)(F)F)nc(OC[C@@]34CCCN3C[C@H](F)C4)nc2c1F. The number of aromatic nitrogens is 3. The van der Waals surface area contributed by atoms with Crippen LogP contribution in [0.5, 0.6) is 11.9 Å². The van der Waals surface area contributed by atoms with E-state index in [0.717, 1.165) is 53.9 Å². The number of fused-ring (bicyclic) bond motifs is 2. The van der Waals surface area contributed by atoms with Crippen LogP contribution in [0.2, 0.25) is 8.87 Å². The van der Waals surface area contributed by atoms with Gasteiger partial charge in [0.05, 0.1) is 0 Å². The topological polar surface area (TPSA) is 60.4 Å². The molecule has 0 saturated carbocycles. The number of hydrogen-bond acceptors (Lipinski definition) is 6. The number of rotatable bonds is 12. The van der Waals surface area contributed by atoms with E-state index in [1.165, 1.54) is 6.20 Å². The van der Waals surface area contributed by atoms with Crippen molar-refractivity contribution in [2.24, 2.45) is 0 Å². The first-order chi connectivity index (χ1) is 17.7. The molecule has 4 rings (SSSR count). The van der Waals surface area contributed by atoms with E-state index >= 15 is 4.39 Å². The molecule has 0 aliphatic carbocycles. The Morgan fingerprint density at radius 3 is 2.54 bits per heavy atom. The van der Waals surface area contributed by atoms with E-state index < -0.39 is 56.0 Å². The first-order valence-electron chi connectivity index (χ1n) is 13.1. The molecular formula is C25H34F5N4O2Sn. The number of halogens is 5. The van der Waals surface area contributed by atoms with E-state index in [2.05, 4.69) is 28.8 Å². The van der Waals surface area contributed by atoms with Gasteiger partial charge in [0, 0.05) is 0 Å². The first-order valence-corrected chi connectivity index (χ1v) is 18.5. The minimum atomic E-state index is -4.60. The van der Waals surface area contributed by atoms with Crippen molar-refractivity contribution in [3.8, 4) is 11.9 Å². The Labute approximate surface area is 221 Å². The van der Waals surface area contributed by atoms with Crippen LogP contribution in [-0.4, -0.2) is 83.8 Å². The molecule has 2 aromatic rings. The molecule has 6 nitrogen and oxygen atoms in total. The van der Waals surface area contributed by atoms with Gasteiger partial charge in [0.1, 0.15) is 0 Å². The maximum atomic E-state index is 15.9. The summed E-state index contributed by atoms with van der Waals surface area (Å²) in [6.45, 7) is 3.76. The second-order valence-corrected chi connectivity index (χ2v) is 17.7. The molecule has 2 saturated heterocycles. The molecular weight excluding hydrogens is 602 g/mol. The quantitative estimate of drug-likeness (QED) is 0.231. The van der Waals surface area contributed by atoms with Crippen LogP contribution in [0.3, 0.4) is 0 Å². The predicted molar refractivity (Wildman–Crippen MR) is 132 cm³/mol. The fraction of sp³-hybridized carbons (Fsp3) is 0.720. The molecule has 37 heavy (non-hydrogen) atoms. The van der Waals surface area contributed by atoms with Crippen LogP contribution >= 0.6 is 0 Å². The summed E-state index contributed by atoms with van der Waals surface area (Å²) >= 11 is -2.44. The molecule has 2 atom stereocenters. The Morgan fingerprint density at radius 1 is 1.14 bits per heavy atom. The van der Waals surface area contributed by atoms with E-state index in [1.807, 2.05) is 4.90 Å². The normalized spacial score (nSPS) is 22.2. The molecule has 0 spiro atoms. The molecule has 2 aliphatic rings. The summed E-state index contributed by atoms with van der Waals surface area (Å²) in [6, 6.07) is -0.267. The molecule has 0 aromatic carbocycles. The zero-order chi connectivity index (χ0) is 26.6. The van der Waals surface area contributed by atoms with Crippen LogP contribution in [0.25, 0.3) is 10.9 Å². The van der Waals surface area contributed by atoms with Gasteiger partial charge in [0.25, 0.3) is 0 Å². The van der Waals surface area contributed by atoms with Gasteiger partial charge in [0.15, 0.2) is 0 Å². The van der Waals surface area contributed by atoms with Crippen molar-refractivity contribution in [2.45, 2.75) is 85.6 Å². The summed E-state index contributed by atoms with van der Waals surface area (Å²) in [4.78, 5) is 14.8. The van der Waals surface area contributed by atoms with Crippen LogP contribution in [-0.2, 0) is 0 Å². The molecule has 205 valence electrons. The zero-order valence-corrected chi connectivity index (χ0v) is 24.2. The second-order valence-electron chi connectivity index (χ2n) is 10.1. The summed E-state index contributed by atoms with van der Waals surface area (Å²) in [5, 5.41) is -0.0167. The van der Waals surface area contributed by atoms with Gasteiger partial charge in [0.2, 0.25) is 0 Å². The molecule has 4 heterocycles. The van der Waals surface area contributed by atoms with Gasteiger partial charge in [-0.1, -0.05) is 0 Å². The Kier molecular flexibility index (Phi) is 9.34. The average Bonchev–Trinajstić information content (AvgIpc) is 3.37. The van der Waals surface area contributed by atoms with E-state index in [-0.39, 0.29) is 23.5 Å². The van der Waals surface area contributed by atoms with Gasteiger partial charge in [-0.15, -0.1) is 0 Å². The Morgan fingerprint density at radius 2 is 1.86 bits per heavy atom. The molecule has 2 fully saturated rings. The van der Waals surface area contributed by atoms with Crippen LogP contribution in [0.1, 0.15) is 58.8 Å². The number of unbranched alkanes of at least 4 members (excludes halogenated alkanes) is 2. The Balaban J connectivity index is 1.69. The molecule has 12 heteroatoms. The summed E-state index contributed by atoms with van der Waals surface area (Å²) in [7, 11) is 0. The van der Waals surface area contributed by atoms with Crippen molar-refractivity contribution in [1.82, 2.24) is 19.9 Å². The Hall–Kier alpha value is -1.50. The molecule has 1 radical (unpaired) electrons. The molecule has 0 unspecified atom stereocenters. The van der Waals surface area contributed by atoms with Crippen molar-refractivity contribution >= 4 is 34.4 Å². The number of alkyl halides is 4. The van der Waals surface area contributed by atoms with Gasteiger partial charge in [-0.25, -0.2) is 0 Å². The summed E-state index contributed by atoms with van der Waals surface area (Å²) in [5.41, 5.74) is -0.637. The van der Waals surface area contributed by atoms with Crippen LogP contribution < -0.4 is 13.2 Å². The zero-order valence-electron chi connectivity index (χ0n) is 21.3. The molecule has 0 bridgehead atoms. The third kappa shape index (κ3) is 6.74. The molecule has 0 N–H and O–H groups in total. The van der Waals surface area contributed by atoms with E-state index in [0.29, 0.717) is 16.7 Å². The summed E-state index contributed by atoms with van der Waals surface area (Å²) in [6.07, 6.45) is 1.71. The first kappa shape index (κ1) is 28.5. The summed E-state index contributed by atoms with van der Waals surface area (Å²) < 4.78 is 82.0. The minimum absolute atomic E-state index is 0.0167. The maximum absolute atomic E-state index is 15.9. The third-order valence-corrected chi connectivity index (χ3v) is 15.6. The van der Waals surface area contributed by atoms with Gasteiger partial charge in [-0.2, -0.15) is 0 Å². The van der Waals surface area contributed by atoms with Crippen LogP contribution in [0, 0.1) is 5.82 Å². The molecule has 0 amide bonds.